The van der Waals surface area contributed by atoms with Gasteiger partial charge in [-0.1, -0.05) is 12.1 Å². The molecule has 9 heteroatoms. The Labute approximate surface area is 184 Å². The third-order valence-corrected chi connectivity index (χ3v) is 5.76. The molecule has 0 amide bonds. The molecule has 0 saturated carbocycles. The molecule has 0 unspecified atom stereocenters. The van der Waals surface area contributed by atoms with Crippen LogP contribution in [0.15, 0.2) is 55.0 Å². The normalized spacial score (nSPS) is 21.8. The van der Waals surface area contributed by atoms with Crippen LogP contribution in [0.1, 0.15) is 12.8 Å². The lowest BCUT2D eigenvalue weighted by Gasteiger charge is -2.43. The summed E-state index contributed by atoms with van der Waals surface area (Å²) in [6, 6.07) is 8.81. The van der Waals surface area contributed by atoms with Crippen LogP contribution in [0.4, 0.5) is 0 Å². The second-order valence-electron chi connectivity index (χ2n) is 7.80. The number of benzene rings is 1. The number of fused-ring (bicyclic) bond motifs is 4. The monoisotopic (exact) mass is 436 g/mol. The van der Waals surface area contributed by atoms with Gasteiger partial charge in [0.05, 0.1) is 0 Å². The molecular formula is C23H24N4O5. The SMILES string of the molecule is O=C(O)/C=C/C(=O)O.c1cc(-c2cnc(O[C@H]3CN4CCC3CC4)nc2)c2cc[nH]c2c1. The van der Waals surface area contributed by atoms with Gasteiger partial charge in [-0.15, -0.1) is 0 Å². The summed E-state index contributed by atoms with van der Waals surface area (Å²) in [5.74, 6) is -1.85. The minimum Gasteiger partial charge on any atom is -0.478 e. The number of nitrogens with one attached hydrogen (secondary N) is 1. The Kier molecular flexibility index (Phi) is 6.46. The second kappa shape index (κ2) is 9.61. The molecule has 2 bridgehead atoms. The van der Waals surface area contributed by atoms with Gasteiger partial charge >= 0.3 is 17.9 Å². The van der Waals surface area contributed by atoms with Gasteiger partial charge in [-0.3, -0.25) is 4.90 Å². The van der Waals surface area contributed by atoms with Gasteiger partial charge in [0.15, 0.2) is 0 Å². The largest absolute Gasteiger partial charge is 0.478 e. The number of ether oxygens (including phenoxy) is 1. The van der Waals surface area contributed by atoms with Crippen molar-refractivity contribution in [2.45, 2.75) is 18.9 Å². The lowest BCUT2D eigenvalue weighted by Crippen LogP contribution is -2.52. The molecule has 0 aliphatic carbocycles. The summed E-state index contributed by atoms with van der Waals surface area (Å²) in [7, 11) is 0. The van der Waals surface area contributed by atoms with E-state index < -0.39 is 11.9 Å². The number of hydrogen-bond acceptors (Lipinski definition) is 6. The summed E-state index contributed by atoms with van der Waals surface area (Å²) in [5, 5.41) is 16.8. The van der Waals surface area contributed by atoms with E-state index >= 15 is 0 Å². The molecule has 3 aliphatic rings. The number of H-pyrrole nitrogens is 1. The van der Waals surface area contributed by atoms with Crippen molar-refractivity contribution in [1.29, 1.82) is 0 Å². The molecule has 1 atom stereocenters. The first kappa shape index (κ1) is 21.5. The molecule has 166 valence electrons. The van der Waals surface area contributed by atoms with Crippen LogP contribution in [0, 0.1) is 5.92 Å². The van der Waals surface area contributed by atoms with Crippen LogP contribution in [0.2, 0.25) is 0 Å². The zero-order valence-electron chi connectivity index (χ0n) is 17.3. The highest BCUT2D eigenvalue weighted by Gasteiger charge is 2.35. The maximum absolute atomic E-state index is 9.55. The first-order valence-corrected chi connectivity index (χ1v) is 10.4. The lowest BCUT2D eigenvalue weighted by molar-refractivity contribution is -0.134. The number of aliphatic carboxylic acids is 2. The molecule has 3 saturated heterocycles. The van der Waals surface area contributed by atoms with Gasteiger partial charge in [0.25, 0.3) is 0 Å². The van der Waals surface area contributed by atoms with Gasteiger partial charge in [0.2, 0.25) is 0 Å². The molecule has 3 N–H and O–H groups in total. The van der Waals surface area contributed by atoms with Crippen molar-refractivity contribution in [3.05, 3.63) is 55.0 Å². The zero-order valence-corrected chi connectivity index (χ0v) is 17.3. The fourth-order valence-electron chi connectivity index (χ4n) is 4.18. The highest BCUT2D eigenvalue weighted by molar-refractivity contribution is 5.94. The summed E-state index contributed by atoms with van der Waals surface area (Å²) < 4.78 is 6.08. The predicted octanol–water partition coefficient (Wildman–Crippen LogP) is 2.81. The summed E-state index contributed by atoms with van der Waals surface area (Å²) in [6.07, 6.45) is 9.52. The van der Waals surface area contributed by atoms with Gasteiger partial charge in [-0.25, -0.2) is 19.6 Å². The van der Waals surface area contributed by atoms with E-state index in [-0.39, 0.29) is 6.10 Å². The fraction of sp³-hybridized carbons (Fsp3) is 0.304. The van der Waals surface area contributed by atoms with E-state index in [2.05, 4.69) is 38.1 Å². The average Bonchev–Trinajstić information content (AvgIpc) is 3.29. The van der Waals surface area contributed by atoms with Crippen LogP contribution < -0.4 is 4.74 Å². The van der Waals surface area contributed by atoms with Crippen LogP contribution in [0.3, 0.4) is 0 Å². The maximum atomic E-state index is 9.55. The van der Waals surface area contributed by atoms with E-state index in [0.717, 1.165) is 23.2 Å². The van der Waals surface area contributed by atoms with Crippen molar-refractivity contribution in [2.24, 2.45) is 5.92 Å². The van der Waals surface area contributed by atoms with Crippen molar-refractivity contribution in [3.63, 3.8) is 0 Å². The molecule has 3 fully saturated rings. The number of piperidine rings is 3. The van der Waals surface area contributed by atoms with Crippen LogP contribution in [-0.2, 0) is 9.59 Å². The smallest absolute Gasteiger partial charge is 0.328 e. The summed E-state index contributed by atoms with van der Waals surface area (Å²) in [6.45, 7) is 3.44. The molecule has 6 rings (SSSR count). The number of carboxylic acid groups (broad SMARTS) is 2. The number of carboxylic acids is 2. The third kappa shape index (κ3) is 5.12. The molecule has 5 heterocycles. The third-order valence-electron chi connectivity index (χ3n) is 5.76. The molecule has 3 aromatic rings. The van der Waals surface area contributed by atoms with E-state index in [1.807, 2.05) is 24.7 Å². The van der Waals surface area contributed by atoms with Gasteiger partial charge in [0.1, 0.15) is 6.10 Å². The number of aromatic nitrogens is 3. The molecule has 1 aromatic carbocycles. The molecule has 32 heavy (non-hydrogen) atoms. The van der Waals surface area contributed by atoms with Gasteiger partial charge in [-0.05, 0) is 49.5 Å². The minimum atomic E-state index is -1.26. The number of nitrogens with zero attached hydrogens (tertiary/aromatic N) is 3. The molecule has 0 radical (unpaired) electrons. The van der Waals surface area contributed by atoms with Crippen molar-refractivity contribution in [1.82, 2.24) is 19.9 Å². The van der Waals surface area contributed by atoms with Crippen molar-refractivity contribution < 1.29 is 24.5 Å². The number of hydrogen-bond donors (Lipinski definition) is 3. The lowest BCUT2D eigenvalue weighted by atomic mass is 9.86. The van der Waals surface area contributed by atoms with E-state index in [9.17, 15) is 9.59 Å². The van der Waals surface area contributed by atoms with E-state index in [1.54, 1.807) is 0 Å². The van der Waals surface area contributed by atoms with E-state index in [0.29, 0.717) is 24.1 Å². The summed E-state index contributed by atoms with van der Waals surface area (Å²) in [4.78, 5) is 33.7. The number of rotatable bonds is 5. The molecule has 0 spiro atoms. The fourth-order valence-corrected chi connectivity index (χ4v) is 4.18. The average molecular weight is 436 g/mol. The van der Waals surface area contributed by atoms with Crippen LogP contribution in [0.25, 0.3) is 22.0 Å². The summed E-state index contributed by atoms with van der Waals surface area (Å²) in [5.41, 5.74) is 3.28. The molecule has 3 aliphatic heterocycles. The van der Waals surface area contributed by atoms with E-state index in [4.69, 9.17) is 14.9 Å². The van der Waals surface area contributed by atoms with E-state index in [1.165, 1.54) is 31.3 Å². The Bertz CT molecular complexity index is 1100. The Morgan fingerprint density at radius 1 is 1.06 bits per heavy atom. The van der Waals surface area contributed by atoms with Crippen molar-refractivity contribution in [2.75, 3.05) is 19.6 Å². The van der Waals surface area contributed by atoms with Crippen molar-refractivity contribution >= 4 is 22.8 Å². The Morgan fingerprint density at radius 3 is 2.34 bits per heavy atom. The van der Waals surface area contributed by atoms with Crippen LogP contribution >= 0.6 is 0 Å². The summed E-state index contributed by atoms with van der Waals surface area (Å²) >= 11 is 0. The highest BCUT2D eigenvalue weighted by Crippen LogP contribution is 2.31. The molecule has 9 nitrogen and oxygen atoms in total. The highest BCUT2D eigenvalue weighted by atomic mass is 16.5. The first-order valence-electron chi connectivity index (χ1n) is 10.4. The van der Waals surface area contributed by atoms with Crippen LogP contribution in [0.5, 0.6) is 6.01 Å². The number of aromatic amines is 1. The van der Waals surface area contributed by atoms with Gasteiger partial charge in [0, 0.05) is 53.8 Å². The zero-order chi connectivity index (χ0) is 22.5. The predicted molar refractivity (Wildman–Crippen MR) is 117 cm³/mol. The minimum absolute atomic E-state index is 0.242. The second-order valence-corrected chi connectivity index (χ2v) is 7.80. The van der Waals surface area contributed by atoms with Crippen molar-refractivity contribution in [3.8, 4) is 17.1 Å². The quantitative estimate of drug-likeness (QED) is 0.521. The van der Waals surface area contributed by atoms with Gasteiger partial charge in [-0.2, -0.15) is 0 Å². The number of carbonyl (C=O) groups is 2. The standard InChI is InChI=1S/C19H20N4O.C4H4O4/c1-2-15(16-4-7-20-17(16)3-1)14-10-21-19(22-11-14)24-18-12-23-8-5-13(18)6-9-23;5-3(6)1-2-4(7)8/h1-4,7,10-11,13,18,20H,5-6,8-9,12H2;1-2H,(H,5,6)(H,7,8)/b;2-1+/t18-;/m0./s1. The molecular weight excluding hydrogens is 412 g/mol. The Balaban J connectivity index is 0.000000265. The topological polar surface area (TPSA) is 129 Å². The maximum Gasteiger partial charge on any atom is 0.328 e. The van der Waals surface area contributed by atoms with Crippen LogP contribution in [-0.4, -0.2) is 67.7 Å². The molecule has 2 aromatic heterocycles. The van der Waals surface area contributed by atoms with Gasteiger partial charge < -0.3 is 19.9 Å². The Morgan fingerprint density at radius 2 is 1.75 bits per heavy atom. The first-order chi connectivity index (χ1) is 15.5. The Hall–Kier alpha value is -3.72.